The number of esters is 1. The van der Waals surface area contributed by atoms with Crippen molar-refractivity contribution in [3.63, 3.8) is 0 Å². The van der Waals surface area contributed by atoms with Gasteiger partial charge in [-0.15, -0.1) is 0 Å². The van der Waals surface area contributed by atoms with Crippen molar-refractivity contribution in [2.45, 2.75) is 98.0 Å². The zero-order chi connectivity index (χ0) is 20.1. The molecule has 0 saturated heterocycles. The fraction of sp³-hybridized carbons (Fsp3) is 0.840. The molecule has 7 atom stereocenters. The molecule has 0 N–H and O–H groups in total. The number of carbonyl (C=O) groups excluding carboxylic acids is 2. The Labute approximate surface area is 170 Å². The Morgan fingerprint density at radius 2 is 1.89 bits per heavy atom. The number of carbonyl (C=O) groups is 2. The molecule has 0 heterocycles. The maximum atomic E-state index is 12.2. The van der Waals surface area contributed by atoms with Crippen LogP contribution in [0.5, 0.6) is 0 Å². The molecule has 3 nitrogen and oxygen atoms in total. The van der Waals surface area contributed by atoms with Crippen molar-refractivity contribution in [2.75, 3.05) is 0 Å². The molecule has 0 unspecified atom stereocenters. The maximum absolute atomic E-state index is 12.2. The summed E-state index contributed by atoms with van der Waals surface area (Å²) in [6, 6.07) is 0. The van der Waals surface area contributed by atoms with Gasteiger partial charge in [-0.3, -0.25) is 9.59 Å². The third-order valence-electron chi connectivity index (χ3n) is 9.33. The van der Waals surface area contributed by atoms with Crippen LogP contribution in [0.15, 0.2) is 11.6 Å². The second-order valence-corrected chi connectivity index (χ2v) is 10.7. The summed E-state index contributed by atoms with van der Waals surface area (Å²) < 4.78 is 5.80. The summed E-state index contributed by atoms with van der Waals surface area (Å²) in [5.41, 5.74) is 1.62. The molecule has 0 aromatic heterocycles. The molecule has 3 heteroatoms. The Hall–Kier alpha value is -1.12. The van der Waals surface area contributed by atoms with Crippen LogP contribution >= 0.6 is 0 Å². The lowest BCUT2D eigenvalue weighted by Gasteiger charge is -2.60. The van der Waals surface area contributed by atoms with Crippen LogP contribution in [-0.2, 0) is 14.3 Å². The van der Waals surface area contributed by atoms with Crippen LogP contribution in [-0.4, -0.2) is 17.9 Å². The van der Waals surface area contributed by atoms with Crippen LogP contribution in [0.25, 0.3) is 0 Å². The van der Waals surface area contributed by atoms with E-state index in [0.717, 1.165) is 43.1 Å². The summed E-state index contributed by atoms with van der Waals surface area (Å²) in [6.45, 7) is 8.69. The average molecular weight is 387 g/mol. The van der Waals surface area contributed by atoms with Gasteiger partial charge in [0.2, 0.25) is 0 Å². The standard InChI is InChI=1S/C25H38O3/c1-5-6-23(27)28-18-11-13-24(3)17(15-18)7-8-19-21-10-9-20(16(2)26)25(21,4)14-12-22(19)24/h9,17-19,21-22H,5-8,10-15H2,1-4H3/t17-,18-,19-,21+,22-,24-,25+/m0/s1. The molecule has 4 aliphatic rings. The summed E-state index contributed by atoms with van der Waals surface area (Å²) in [7, 11) is 0. The molecule has 3 fully saturated rings. The van der Waals surface area contributed by atoms with E-state index < -0.39 is 0 Å². The van der Waals surface area contributed by atoms with Crippen LogP contribution in [0.3, 0.4) is 0 Å². The van der Waals surface area contributed by atoms with Crippen molar-refractivity contribution < 1.29 is 14.3 Å². The number of ether oxygens (including phenoxy) is 1. The first kappa shape index (κ1) is 20.2. The number of fused-ring (bicyclic) bond motifs is 5. The van der Waals surface area contributed by atoms with E-state index in [1.807, 2.05) is 6.92 Å². The van der Waals surface area contributed by atoms with Gasteiger partial charge in [-0.1, -0.05) is 26.8 Å². The first-order valence-electron chi connectivity index (χ1n) is 11.7. The van der Waals surface area contributed by atoms with Gasteiger partial charge in [0.05, 0.1) is 0 Å². The van der Waals surface area contributed by atoms with Gasteiger partial charge >= 0.3 is 5.97 Å². The molecule has 4 rings (SSSR count). The van der Waals surface area contributed by atoms with Crippen molar-refractivity contribution in [2.24, 2.45) is 34.5 Å². The highest BCUT2D eigenvalue weighted by atomic mass is 16.5. The molecule has 0 bridgehead atoms. The molecular formula is C25H38O3. The summed E-state index contributed by atoms with van der Waals surface area (Å²) in [6.07, 6.45) is 13.2. The second kappa shape index (κ2) is 7.29. The normalized spacial score (nSPS) is 44.7. The molecule has 0 radical (unpaired) electrons. The zero-order valence-corrected chi connectivity index (χ0v) is 18.3. The smallest absolute Gasteiger partial charge is 0.306 e. The van der Waals surface area contributed by atoms with E-state index >= 15 is 0 Å². The maximum Gasteiger partial charge on any atom is 0.306 e. The fourth-order valence-corrected chi connectivity index (χ4v) is 7.89. The molecule has 0 spiro atoms. The Balaban J connectivity index is 1.48. The third-order valence-corrected chi connectivity index (χ3v) is 9.33. The molecule has 0 aromatic carbocycles. The predicted octanol–water partition coefficient (Wildman–Crippen LogP) is 5.87. The Morgan fingerprint density at radius 1 is 1.11 bits per heavy atom. The van der Waals surface area contributed by atoms with E-state index in [1.165, 1.54) is 32.1 Å². The Morgan fingerprint density at radius 3 is 2.61 bits per heavy atom. The highest BCUT2D eigenvalue weighted by Gasteiger charge is 2.59. The van der Waals surface area contributed by atoms with E-state index in [4.69, 9.17) is 4.74 Å². The monoisotopic (exact) mass is 386 g/mol. The van der Waals surface area contributed by atoms with E-state index in [2.05, 4.69) is 19.9 Å². The number of hydrogen-bond acceptors (Lipinski definition) is 3. The molecule has 0 aliphatic heterocycles. The molecule has 0 aromatic rings. The number of Topliss-reactive ketones (excluding diaryl/α,β-unsaturated/α-hetero) is 1. The highest BCUT2D eigenvalue weighted by molar-refractivity contribution is 5.95. The fourth-order valence-electron chi connectivity index (χ4n) is 7.89. The van der Waals surface area contributed by atoms with Crippen LogP contribution in [0.4, 0.5) is 0 Å². The summed E-state index contributed by atoms with van der Waals surface area (Å²) in [5.74, 6) is 3.16. The van der Waals surface area contributed by atoms with Gasteiger partial charge in [0.25, 0.3) is 0 Å². The van der Waals surface area contributed by atoms with Crippen molar-refractivity contribution in [3.8, 4) is 0 Å². The number of ketones is 1. The summed E-state index contributed by atoms with van der Waals surface area (Å²) in [4.78, 5) is 24.2. The van der Waals surface area contributed by atoms with Crippen LogP contribution in [0.2, 0.25) is 0 Å². The number of rotatable bonds is 4. The van der Waals surface area contributed by atoms with Gasteiger partial charge in [-0.2, -0.15) is 0 Å². The average Bonchev–Trinajstić information content (AvgIpc) is 2.99. The van der Waals surface area contributed by atoms with E-state index in [1.54, 1.807) is 6.92 Å². The van der Waals surface area contributed by atoms with Crippen LogP contribution < -0.4 is 0 Å². The summed E-state index contributed by atoms with van der Waals surface area (Å²) >= 11 is 0. The minimum absolute atomic E-state index is 0.00739. The van der Waals surface area contributed by atoms with Crippen molar-refractivity contribution in [3.05, 3.63) is 11.6 Å². The van der Waals surface area contributed by atoms with E-state index in [9.17, 15) is 9.59 Å². The van der Waals surface area contributed by atoms with Crippen molar-refractivity contribution in [1.29, 1.82) is 0 Å². The van der Waals surface area contributed by atoms with Gasteiger partial charge in [0.1, 0.15) is 6.10 Å². The van der Waals surface area contributed by atoms with Gasteiger partial charge in [-0.25, -0.2) is 0 Å². The lowest BCUT2D eigenvalue weighted by atomic mass is 9.44. The molecule has 28 heavy (non-hydrogen) atoms. The van der Waals surface area contributed by atoms with Crippen molar-refractivity contribution in [1.82, 2.24) is 0 Å². The van der Waals surface area contributed by atoms with Gasteiger partial charge < -0.3 is 4.74 Å². The largest absolute Gasteiger partial charge is 0.462 e. The molecule has 3 saturated carbocycles. The molecular weight excluding hydrogens is 348 g/mol. The molecule has 4 aliphatic carbocycles. The quantitative estimate of drug-likeness (QED) is 0.568. The molecule has 156 valence electrons. The van der Waals surface area contributed by atoms with Gasteiger partial charge in [-0.05, 0) is 105 Å². The number of hydrogen-bond donors (Lipinski definition) is 0. The topological polar surface area (TPSA) is 43.4 Å². The zero-order valence-electron chi connectivity index (χ0n) is 18.3. The lowest BCUT2D eigenvalue weighted by Crippen LogP contribution is -2.54. The second-order valence-electron chi connectivity index (χ2n) is 10.7. The number of allylic oxidation sites excluding steroid dienone is 2. The van der Waals surface area contributed by atoms with E-state index in [0.29, 0.717) is 23.7 Å². The highest BCUT2D eigenvalue weighted by Crippen LogP contribution is 2.66. The van der Waals surface area contributed by atoms with E-state index in [-0.39, 0.29) is 23.3 Å². The lowest BCUT2D eigenvalue weighted by molar-refractivity contribution is -0.161. The summed E-state index contributed by atoms with van der Waals surface area (Å²) in [5, 5.41) is 0. The minimum Gasteiger partial charge on any atom is -0.462 e. The molecule has 0 amide bonds. The predicted molar refractivity (Wildman–Crippen MR) is 111 cm³/mol. The third kappa shape index (κ3) is 3.08. The van der Waals surface area contributed by atoms with Crippen molar-refractivity contribution >= 4 is 11.8 Å². The Kier molecular flexibility index (Phi) is 5.25. The Bertz CT molecular complexity index is 679. The first-order valence-corrected chi connectivity index (χ1v) is 11.7. The van der Waals surface area contributed by atoms with Crippen LogP contribution in [0.1, 0.15) is 91.9 Å². The minimum atomic E-state index is -0.00739. The van der Waals surface area contributed by atoms with Crippen LogP contribution in [0, 0.1) is 34.5 Å². The SMILES string of the molecule is CCCC(=O)O[C@H]1CC[C@@]2(C)[C@@H](CC[C@H]3[C@H]4CC=C(C(C)=O)[C@@]4(C)CC[C@@H]32)C1. The van der Waals surface area contributed by atoms with Gasteiger partial charge in [0, 0.05) is 6.42 Å². The first-order chi connectivity index (χ1) is 13.3. The van der Waals surface area contributed by atoms with Gasteiger partial charge in [0.15, 0.2) is 5.78 Å².